The molecule has 1 heterocycles. The number of amides is 1. The first-order valence-corrected chi connectivity index (χ1v) is 6.11. The Morgan fingerprint density at radius 1 is 1.35 bits per heavy atom. The summed E-state index contributed by atoms with van der Waals surface area (Å²) >= 11 is 0. The molecular formula is C12H22N2O3. The molecule has 98 valence electrons. The fourth-order valence-corrected chi connectivity index (χ4v) is 2.17. The normalized spacial score (nSPS) is 28.6. The summed E-state index contributed by atoms with van der Waals surface area (Å²) in [6.45, 7) is 5.66. The van der Waals surface area contributed by atoms with E-state index in [9.17, 15) is 14.7 Å². The van der Waals surface area contributed by atoms with Crippen molar-refractivity contribution in [3.63, 3.8) is 0 Å². The summed E-state index contributed by atoms with van der Waals surface area (Å²) in [7, 11) is 0. The molecule has 3 unspecified atom stereocenters. The molecular weight excluding hydrogens is 220 g/mol. The van der Waals surface area contributed by atoms with Crippen LogP contribution < -0.4 is 5.73 Å². The third kappa shape index (κ3) is 2.60. The number of carbonyl (C=O) groups excluding carboxylic acids is 1. The second-order valence-electron chi connectivity index (χ2n) is 5.17. The maximum atomic E-state index is 12.2. The number of aliphatic carboxylic acids is 1. The lowest BCUT2D eigenvalue weighted by molar-refractivity contribution is -0.162. The van der Waals surface area contributed by atoms with Crippen molar-refractivity contribution in [1.82, 2.24) is 4.90 Å². The van der Waals surface area contributed by atoms with Gasteiger partial charge in [0.1, 0.15) is 5.54 Å². The number of carboxylic acid groups (broad SMARTS) is 1. The number of nitrogens with two attached hydrogens (primary N) is 1. The van der Waals surface area contributed by atoms with Crippen molar-refractivity contribution in [2.75, 3.05) is 6.54 Å². The molecule has 17 heavy (non-hydrogen) atoms. The lowest BCUT2D eigenvalue weighted by Crippen LogP contribution is -2.59. The van der Waals surface area contributed by atoms with Crippen LogP contribution in [-0.4, -0.2) is 40.0 Å². The number of rotatable bonds is 3. The van der Waals surface area contributed by atoms with Gasteiger partial charge in [-0.15, -0.1) is 0 Å². The van der Waals surface area contributed by atoms with Gasteiger partial charge >= 0.3 is 5.97 Å². The Balaban J connectivity index is 2.93. The number of carboxylic acids is 1. The van der Waals surface area contributed by atoms with Crippen LogP contribution in [0.15, 0.2) is 0 Å². The van der Waals surface area contributed by atoms with Crippen LogP contribution in [0.1, 0.15) is 40.0 Å². The third-order valence-corrected chi connectivity index (χ3v) is 3.80. The average Bonchev–Trinajstić information content (AvgIpc) is 2.27. The van der Waals surface area contributed by atoms with Crippen molar-refractivity contribution in [3.8, 4) is 0 Å². The highest BCUT2D eigenvalue weighted by molar-refractivity contribution is 5.88. The van der Waals surface area contributed by atoms with Crippen LogP contribution >= 0.6 is 0 Å². The highest BCUT2D eigenvalue weighted by atomic mass is 16.4. The topological polar surface area (TPSA) is 83.6 Å². The molecule has 0 aromatic heterocycles. The smallest absolute Gasteiger partial charge is 0.329 e. The molecule has 0 saturated carbocycles. The Morgan fingerprint density at radius 2 is 1.94 bits per heavy atom. The van der Waals surface area contributed by atoms with E-state index >= 15 is 0 Å². The lowest BCUT2D eigenvalue weighted by atomic mass is 9.86. The van der Waals surface area contributed by atoms with E-state index < -0.39 is 11.5 Å². The van der Waals surface area contributed by atoms with Gasteiger partial charge in [0, 0.05) is 12.6 Å². The van der Waals surface area contributed by atoms with Crippen molar-refractivity contribution in [1.29, 1.82) is 0 Å². The highest BCUT2D eigenvalue weighted by Gasteiger charge is 2.45. The Hall–Kier alpha value is -1.10. The summed E-state index contributed by atoms with van der Waals surface area (Å²) in [5, 5.41) is 9.31. The number of carbonyl (C=O) groups is 2. The van der Waals surface area contributed by atoms with E-state index in [1.807, 2.05) is 0 Å². The quantitative estimate of drug-likeness (QED) is 0.767. The van der Waals surface area contributed by atoms with Gasteiger partial charge in [-0.05, 0) is 33.1 Å². The SMILES string of the molecule is CC(N)C(C)C(=O)N1CCCCC1(C)C(=O)O. The summed E-state index contributed by atoms with van der Waals surface area (Å²) in [6, 6.07) is -0.262. The summed E-state index contributed by atoms with van der Waals surface area (Å²) in [5.41, 5.74) is 4.64. The maximum Gasteiger partial charge on any atom is 0.329 e. The van der Waals surface area contributed by atoms with E-state index in [2.05, 4.69) is 0 Å². The van der Waals surface area contributed by atoms with Crippen LogP contribution in [0.5, 0.6) is 0 Å². The first kappa shape index (κ1) is 14.0. The first-order chi connectivity index (χ1) is 7.80. The van der Waals surface area contributed by atoms with Gasteiger partial charge in [0.2, 0.25) is 5.91 Å². The van der Waals surface area contributed by atoms with Crippen molar-refractivity contribution in [2.45, 2.75) is 51.6 Å². The van der Waals surface area contributed by atoms with E-state index in [1.54, 1.807) is 20.8 Å². The fourth-order valence-electron chi connectivity index (χ4n) is 2.17. The van der Waals surface area contributed by atoms with Gasteiger partial charge in [0.05, 0.1) is 5.92 Å². The van der Waals surface area contributed by atoms with E-state index in [1.165, 1.54) is 4.90 Å². The van der Waals surface area contributed by atoms with E-state index in [4.69, 9.17) is 5.73 Å². The zero-order valence-corrected chi connectivity index (χ0v) is 10.8. The van der Waals surface area contributed by atoms with Gasteiger partial charge in [-0.1, -0.05) is 6.92 Å². The summed E-state index contributed by atoms with van der Waals surface area (Å²) in [6.07, 6.45) is 2.22. The van der Waals surface area contributed by atoms with Crippen molar-refractivity contribution >= 4 is 11.9 Å². The molecule has 0 spiro atoms. The second-order valence-corrected chi connectivity index (χ2v) is 5.17. The molecule has 1 fully saturated rings. The van der Waals surface area contributed by atoms with Gasteiger partial charge in [0.15, 0.2) is 0 Å². The van der Waals surface area contributed by atoms with Crippen molar-refractivity contribution in [2.24, 2.45) is 11.7 Å². The zero-order chi connectivity index (χ0) is 13.2. The van der Waals surface area contributed by atoms with Gasteiger partial charge in [-0.3, -0.25) is 4.79 Å². The van der Waals surface area contributed by atoms with Gasteiger partial charge in [-0.2, -0.15) is 0 Å². The van der Waals surface area contributed by atoms with Crippen LogP contribution in [0, 0.1) is 5.92 Å². The lowest BCUT2D eigenvalue weighted by Gasteiger charge is -2.43. The Labute approximate surface area is 102 Å². The fraction of sp³-hybridized carbons (Fsp3) is 0.833. The molecule has 1 aliphatic heterocycles. The molecule has 3 N–H and O–H groups in total. The molecule has 0 aliphatic carbocycles. The zero-order valence-electron chi connectivity index (χ0n) is 10.8. The van der Waals surface area contributed by atoms with Crippen LogP contribution in [0.25, 0.3) is 0 Å². The molecule has 1 rings (SSSR count). The number of piperidine rings is 1. The predicted octanol–water partition coefficient (Wildman–Crippen LogP) is 0.825. The van der Waals surface area contributed by atoms with Crippen molar-refractivity contribution in [3.05, 3.63) is 0 Å². The maximum absolute atomic E-state index is 12.2. The number of likely N-dealkylation sites (tertiary alicyclic amines) is 1. The minimum absolute atomic E-state index is 0.149. The monoisotopic (exact) mass is 242 g/mol. The first-order valence-electron chi connectivity index (χ1n) is 6.11. The van der Waals surface area contributed by atoms with Gasteiger partial charge in [-0.25, -0.2) is 4.79 Å². The number of hydrogen-bond acceptors (Lipinski definition) is 3. The predicted molar refractivity (Wildman–Crippen MR) is 64.4 cm³/mol. The molecule has 3 atom stereocenters. The largest absolute Gasteiger partial charge is 0.480 e. The van der Waals surface area contributed by atoms with Crippen LogP contribution in [-0.2, 0) is 9.59 Å². The summed E-state index contributed by atoms with van der Waals surface area (Å²) in [4.78, 5) is 25.1. The van der Waals surface area contributed by atoms with E-state index in [-0.39, 0.29) is 17.9 Å². The van der Waals surface area contributed by atoms with Crippen LogP contribution in [0.4, 0.5) is 0 Å². The average molecular weight is 242 g/mol. The minimum Gasteiger partial charge on any atom is -0.480 e. The molecule has 0 bridgehead atoms. The summed E-state index contributed by atoms with van der Waals surface area (Å²) in [5.74, 6) is -1.42. The molecule has 0 aromatic rings. The third-order valence-electron chi connectivity index (χ3n) is 3.80. The highest BCUT2D eigenvalue weighted by Crippen LogP contribution is 2.29. The molecule has 1 saturated heterocycles. The molecule has 0 radical (unpaired) electrons. The second kappa shape index (κ2) is 5.04. The standard InChI is InChI=1S/C12H22N2O3/c1-8(9(2)13)10(15)14-7-5-4-6-12(14,3)11(16)17/h8-9H,4-7,13H2,1-3H3,(H,16,17). The molecule has 1 aliphatic rings. The number of hydrogen-bond donors (Lipinski definition) is 2. The van der Waals surface area contributed by atoms with E-state index in [0.29, 0.717) is 13.0 Å². The van der Waals surface area contributed by atoms with Gasteiger partial charge < -0.3 is 15.7 Å². The molecule has 5 heteroatoms. The Morgan fingerprint density at radius 3 is 2.41 bits per heavy atom. The van der Waals surface area contributed by atoms with Crippen LogP contribution in [0.3, 0.4) is 0 Å². The minimum atomic E-state index is -1.07. The van der Waals surface area contributed by atoms with E-state index in [0.717, 1.165) is 12.8 Å². The Bertz CT molecular complexity index is 317. The van der Waals surface area contributed by atoms with Crippen LogP contribution in [0.2, 0.25) is 0 Å². The Kier molecular flexibility index (Phi) is 4.14. The molecule has 5 nitrogen and oxygen atoms in total. The van der Waals surface area contributed by atoms with Gasteiger partial charge in [0.25, 0.3) is 0 Å². The number of nitrogens with zero attached hydrogens (tertiary/aromatic N) is 1. The summed E-state index contributed by atoms with van der Waals surface area (Å²) < 4.78 is 0. The molecule has 0 aromatic carbocycles. The van der Waals surface area contributed by atoms with Crippen molar-refractivity contribution < 1.29 is 14.7 Å². The molecule has 1 amide bonds.